The number of hydrogen-bond acceptors (Lipinski definition) is 4. The zero-order valence-corrected chi connectivity index (χ0v) is 15.4. The molecule has 20 heavy (non-hydrogen) atoms. The quantitative estimate of drug-likeness (QED) is 0.813. The molecule has 0 aromatic carbocycles. The Kier molecular flexibility index (Phi) is 7.22. The van der Waals surface area contributed by atoms with Crippen molar-refractivity contribution in [3.05, 3.63) is 28.5 Å². The minimum atomic E-state index is 0.524. The van der Waals surface area contributed by atoms with Crippen LogP contribution in [0.3, 0.4) is 0 Å². The summed E-state index contributed by atoms with van der Waals surface area (Å²) in [6.07, 6.45) is 4.19. The highest BCUT2D eigenvalue weighted by Gasteiger charge is 2.31. The number of thioether (sulfide) groups is 2. The van der Waals surface area contributed by atoms with E-state index in [2.05, 4.69) is 75.7 Å². The molecule has 1 aromatic heterocycles. The van der Waals surface area contributed by atoms with Gasteiger partial charge in [0.15, 0.2) is 0 Å². The van der Waals surface area contributed by atoms with Gasteiger partial charge in [-0.2, -0.15) is 23.5 Å². The van der Waals surface area contributed by atoms with Gasteiger partial charge < -0.3 is 5.32 Å². The molecule has 3 unspecified atom stereocenters. The number of rotatable bonds is 6. The zero-order chi connectivity index (χ0) is 14.4. The van der Waals surface area contributed by atoms with Crippen LogP contribution >= 0.6 is 39.5 Å². The number of nitrogens with zero attached hydrogens (tertiary/aromatic N) is 1. The molecule has 2 heterocycles. The third kappa shape index (κ3) is 4.65. The average Bonchev–Trinajstić information content (AvgIpc) is 2.49. The van der Waals surface area contributed by atoms with E-state index in [0.29, 0.717) is 11.3 Å². The lowest BCUT2D eigenvalue weighted by Gasteiger charge is -2.36. The first kappa shape index (κ1) is 16.7. The molecule has 2 rings (SSSR count). The first-order valence-electron chi connectivity index (χ1n) is 7.31. The lowest BCUT2D eigenvalue weighted by atomic mass is 10.0. The minimum absolute atomic E-state index is 0.524. The molecule has 1 saturated heterocycles. The molecule has 1 aliphatic heterocycles. The van der Waals surface area contributed by atoms with Gasteiger partial charge in [0.05, 0.1) is 0 Å². The molecule has 0 amide bonds. The van der Waals surface area contributed by atoms with Crippen LogP contribution in [0.1, 0.15) is 26.0 Å². The number of likely N-dealkylation sites (N-methyl/N-ethyl adjacent to an activating group) is 1. The van der Waals surface area contributed by atoms with E-state index in [1.165, 1.54) is 23.6 Å². The first-order chi connectivity index (χ1) is 9.74. The van der Waals surface area contributed by atoms with Crippen LogP contribution in [-0.2, 0) is 6.42 Å². The molecule has 1 N–H and O–H groups in total. The number of halogens is 1. The molecular weight excluding hydrogens is 352 g/mol. The molecule has 5 heteroatoms. The van der Waals surface area contributed by atoms with E-state index in [-0.39, 0.29) is 0 Å². The van der Waals surface area contributed by atoms with Crippen LogP contribution in [0.4, 0.5) is 0 Å². The van der Waals surface area contributed by atoms with Crippen molar-refractivity contribution in [2.45, 2.75) is 43.2 Å². The topological polar surface area (TPSA) is 24.9 Å². The third-order valence-corrected chi connectivity index (χ3v) is 7.45. The molecule has 1 aromatic rings. The molecule has 0 spiro atoms. The molecule has 0 saturated carbocycles. The maximum Gasteiger partial charge on any atom is 0.0420 e. The minimum Gasteiger partial charge on any atom is -0.313 e. The average molecular weight is 375 g/mol. The van der Waals surface area contributed by atoms with Gasteiger partial charge in [0.25, 0.3) is 0 Å². The van der Waals surface area contributed by atoms with Gasteiger partial charge in [-0.25, -0.2) is 0 Å². The van der Waals surface area contributed by atoms with E-state index in [1.807, 2.05) is 6.20 Å². The zero-order valence-electron chi connectivity index (χ0n) is 12.1. The lowest BCUT2D eigenvalue weighted by molar-refractivity contribution is 0.486. The number of aromatic nitrogens is 1. The van der Waals surface area contributed by atoms with Crippen LogP contribution in [0.5, 0.6) is 0 Å². The fourth-order valence-corrected chi connectivity index (χ4v) is 6.13. The van der Waals surface area contributed by atoms with Gasteiger partial charge in [-0.3, -0.25) is 4.98 Å². The van der Waals surface area contributed by atoms with Crippen LogP contribution < -0.4 is 5.32 Å². The van der Waals surface area contributed by atoms with E-state index in [4.69, 9.17) is 0 Å². The molecule has 2 nitrogen and oxygen atoms in total. The predicted molar refractivity (Wildman–Crippen MR) is 95.9 cm³/mol. The maximum atomic E-state index is 4.54. The Morgan fingerprint density at radius 1 is 1.35 bits per heavy atom. The normalized spacial score (nSPS) is 24.6. The molecule has 112 valence electrons. The van der Waals surface area contributed by atoms with Crippen molar-refractivity contribution in [2.75, 3.05) is 18.1 Å². The summed E-state index contributed by atoms with van der Waals surface area (Å²) in [5.41, 5.74) is 1.19. The Balaban J connectivity index is 2.06. The van der Waals surface area contributed by atoms with Crippen LogP contribution in [0.2, 0.25) is 0 Å². The highest BCUT2D eigenvalue weighted by Crippen LogP contribution is 2.35. The summed E-state index contributed by atoms with van der Waals surface area (Å²) in [7, 11) is 0. The van der Waals surface area contributed by atoms with Crippen molar-refractivity contribution in [3.63, 3.8) is 0 Å². The molecule has 3 atom stereocenters. The SMILES string of the molecule is CCNC(Cc1ccc(Br)cn1)C1SCCSC1CC. The Morgan fingerprint density at radius 2 is 2.15 bits per heavy atom. The smallest absolute Gasteiger partial charge is 0.0420 e. The van der Waals surface area contributed by atoms with Crippen LogP contribution in [0.15, 0.2) is 22.8 Å². The second-order valence-electron chi connectivity index (χ2n) is 4.99. The summed E-state index contributed by atoms with van der Waals surface area (Å²) in [6, 6.07) is 4.75. The molecule has 1 aliphatic rings. The largest absolute Gasteiger partial charge is 0.313 e. The Bertz CT molecular complexity index is 399. The van der Waals surface area contributed by atoms with Gasteiger partial charge >= 0.3 is 0 Å². The second-order valence-corrected chi connectivity index (χ2v) is 8.54. The molecule has 0 radical (unpaired) electrons. The summed E-state index contributed by atoms with van der Waals surface area (Å²) in [4.78, 5) is 4.54. The monoisotopic (exact) mass is 374 g/mol. The summed E-state index contributed by atoms with van der Waals surface area (Å²) in [5, 5.41) is 5.16. The summed E-state index contributed by atoms with van der Waals surface area (Å²) in [5.74, 6) is 2.58. The van der Waals surface area contributed by atoms with E-state index in [1.54, 1.807) is 0 Å². The maximum absolute atomic E-state index is 4.54. The van der Waals surface area contributed by atoms with Gasteiger partial charge in [0, 0.05) is 50.8 Å². The van der Waals surface area contributed by atoms with E-state index < -0.39 is 0 Å². The van der Waals surface area contributed by atoms with Gasteiger partial charge in [0.1, 0.15) is 0 Å². The van der Waals surface area contributed by atoms with E-state index in [9.17, 15) is 0 Å². The molecule has 1 fully saturated rings. The van der Waals surface area contributed by atoms with Gasteiger partial charge in [-0.05, 0) is 41.0 Å². The van der Waals surface area contributed by atoms with E-state index >= 15 is 0 Å². The predicted octanol–water partition coefficient (Wildman–Crippen LogP) is 3.99. The fourth-order valence-electron chi connectivity index (χ4n) is 2.63. The Labute approximate surface area is 139 Å². The third-order valence-electron chi connectivity index (χ3n) is 3.57. The fraction of sp³-hybridized carbons (Fsp3) is 0.667. The van der Waals surface area contributed by atoms with Crippen LogP contribution in [-0.4, -0.2) is 39.6 Å². The van der Waals surface area contributed by atoms with Gasteiger partial charge in [-0.15, -0.1) is 0 Å². The highest BCUT2D eigenvalue weighted by molar-refractivity contribution is 9.10. The highest BCUT2D eigenvalue weighted by atomic mass is 79.9. The van der Waals surface area contributed by atoms with Crippen molar-refractivity contribution in [3.8, 4) is 0 Å². The van der Waals surface area contributed by atoms with Crippen molar-refractivity contribution in [1.82, 2.24) is 10.3 Å². The van der Waals surface area contributed by atoms with Crippen molar-refractivity contribution >= 4 is 39.5 Å². The number of pyridine rings is 1. The summed E-state index contributed by atoms with van der Waals surface area (Å²) in [6.45, 7) is 5.54. The molecular formula is C15H23BrN2S2. The molecule has 0 aliphatic carbocycles. The van der Waals surface area contributed by atoms with Crippen molar-refractivity contribution < 1.29 is 0 Å². The van der Waals surface area contributed by atoms with Crippen LogP contribution in [0.25, 0.3) is 0 Å². The summed E-state index contributed by atoms with van der Waals surface area (Å²) < 4.78 is 1.05. The lowest BCUT2D eigenvalue weighted by Crippen LogP contribution is -2.46. The standard InChI is InChI=1S/C15H23BrN2S2/c1-3-14-15(20-8-7-19-14)13(17-4-2)9-12-6-5-11(16)10-18-12/h5-6,10,13-15,17H,3-4,7-9H2,1-2H3. The van der Waals surface area contributed by atoms with E-state index in [0.717, 1.165) is 22.7 Å². The number of hydrogen-bond donors (Lipinski definition) is 1. The second kappa shape index (κ2) is 8.66. The Hall–Kier alpha value is 0.290. The Morgan fingerprint density at radius 3 is 2.80 bits per heavy atom. The summed E-state index contributed by atoms with van der Waals surface area (Å²) >= 11 is 7.75. The molecule has 0 bridgehead atoms. The van der Waals surface area contributed by atoms with Crippen LogP contribution in [0, 0.1) is 0 Å². The van der Waals surface area contributed by atoms with Crippen molar-refractivity contribution in [1.29, 1.82) is 0 Å². The number of nitrogens with one attached hydrogen (secondary N) is 1. The first-order valence-corrected chi connectivity index (χ1v) is 10.2. The van der Waals surface area contributed by atoms with Gasteiger partial charge in [0.2, 0.25) is 0 Å². The van der Waals surface area contributed by atoms with Crippen molar-refractivity contribution in [2.24, 2.45) is 0 Å². The van der Waals surface area contributed by atoms with Gasteiger partial charge in [-0.1, -0.05) is 13.8 Å².